The van der Waals surface area contributed by atoms with Gasteiger partial charge in [-0.1, -0.05) is 48.4 Å². The molecule has 4 aliphatic rings. The van der Waals surface area contributed by atoms with E-state index in [0.29, 0.717) is 5.92 Å². The molecule has 30 heavy (non-hydrogen) atoms. The Kier molecular flexibility index (Phi) is 5.49. The van der Waals surface area contributed by atoms with Crippen molar-refractivity contribution in [3.63, 3.8) is 0 Å². The lowest BCUT2D eigenvalue weighted by molar-refractivity contribution is -0.145. The summed E-state index contributed by atoms with van der Waals surface area (Å²) in [5.41, 5.74) is 4.90. The number of hydrogen-bond acceptors (Lipinski definition) is 4. The Hall–Kier alpha value is -1.65. The molecule has 0 bridgehead atoms. The average Bonchev–Trinajstić information content (AvgIpc) is 3.02. The minimum absolute atomic E-state index is 0.0578. The van der Waals surface area contributed by atoms with E-state index >= 15 is 0 Å². The second-order valence-corrected chi connectivity index (χ2v) is 10.4. The van der Waals surface area contributed by atoms with Gasteiger partial charge in [-0.2, -0.15) is 0 Å². The van der Waals surface area contributed by atoms with Gasteiger partial charge in [0.2, 0.25) is 0 Å². The smallest absolute Gasteiger partial charge is 0.310 e. The molecule has 2 saturated heterocycles. The summed E-state index contributed by atoms with van der Waals surface area (Å²) < 4.78 is 5.97. The maximum absolute atomic E-state index is 12.8. The third-order valence-electron chi connectivity index (χ3n) is 8.35. The molecule has 1 aromatic rings. The van der Waals surface area contributed by atoms with E-state index in [2.05, 4.69) is 54.0 Å². The third kappa shape index (κ3) is 3.85. The van der Waals surface area contributed by atoms with E-state index in [1.165, 1.54) is 24.8 Å². The highest BCUT2D eigenvalue weighted by molar-refractivity contribution is 5.76. The number of hydrogen-bond donors (Lipinski definition) is 0. The predicted octanol–water partition coefficient (Wildman–Crippen LogP) is 4.26. The average molecular weight is 409 g/mol. The zero-order chi connectivity index (χ0) is 20.7. The van der Waals surface area contributed by atoms with Crippen LogP contribution in [0.5, 0.6) is 0 Å². The van der Waals surface area contributed by atoms with Crippen LogP contribution in [0.4, 0.5) is 0 Å². The van der Waals surface area contributed by atoms with Gasteiger partial charge in [0.15, 0.2) is 0 Å². The Balaban J connectivity index is 1.20. The number of ether oxygens (including phenoxy) is 1. The van der Waals surface area contributed by atoms with Crippen LogP contribution in [-0.2, 0) is 16.1 Å². The van der Waals surface area contributed by atoms with Crippen LogP contribution < -0.4 is 0 Å². The van der Waals surface area contributed by atoms with E-state index in [-0.39, 0.29) is 23.4 Å². The number of carbonyl (C=O) groups excluding carboxylic acids is 1. The molecule has 0 N–H and O–H groups in total. The molecule has 0 amide bonds. The van der Waals surface area contributed by atoms with Gasteiger partial charge in [0.25, 0.3) is 0 Å². The molecule has 2 aliphatic heterocycles. The summed E-state index contributed by atoms with van der Waals surface area (Å²) in [5.74, 6) is 0.510. The molecule has 162 valence electrons. The quantitative estimate of drug-likeness (QED) is 0.550. The zero-order valence-corrected chi connectivity index (χ0v) is 18.6. The van der Waals surface area contributed by atoms with Crippen molar-refractivity contribution in [2.75, 3.05) is 32.7 Å². The lowest BCUT2D eigenvalue weighted by atomic mass is 9.59. The topological polar surface area (TPSA) is 32.8 Å². The van der Waals surface area contributed by atoms with Crippen molar-refractivity contribution >= 4 is 5.97 Å². The van der Waals surface area contributed by atoms with Crippen molar-refractivity contribution in [3.8, 4) is 0 Å². The van der Waals surface area contributed by atoms with Gasteiger partial charge in [0.1, 0.15) is 6.10 Å². The van der Waals surface area contributed by atoms with Gasteiger partial charge in [-0.15, -0.1) is 0 Å². The summed E-state index contributed by atoms with van der Waals surface area (Å²) in [6.45, 7) is 10.9. The Morgan fingerprint density at radius 2 is 1.83 bits per heavy atom. The highest BCUT2D eigenvalue weighted by Crippen LogP contribution is 2.55. The van der Waals surface area contributed by atoms with E-state index in [1.54, 1.807) is 11.1 Å². The fourth-order valence-electron chi connectivity index (χ4n) is 6.57. The van der Waals surface area contributed by atoms with Crippen LogP contribution in [0.15, 0.2) is 41.5 Å². The maximum atomic E-state index is 12.8. The molecule has 1 unspecified atom stereocenters. The highest BCUT2D eigenvalue weighted by Gasteiger charge is 2.53. The van der Waals surface area contributed by atoms with E-state index in [0.717, 1.165) is 52.1 Å². The second-order valence-electron chi connectivity index (χ2n) is 10.4. The molecule has 1 aromatic carbocycles. The summed E-state index contributed by atoms with van der Waals surface area (Å²) in [4.78, 5) is 17.9. The van der Waals surface area contributed by atoms with Gasteiger partial charge >= 0.3 is 5.97 Å². The van der Waals surface area contributed by atoms with Crippen LogP contribution in [0, 0.1) is 17.3 Å². The number of benzene rings is 1. The van der Waals surface area contributed by atoms with Gasteiger partial charge in [0, 0.05) is 45.2 Å². The molecule has 0 spiro atoms. The molecule has 0 radical (unpaired) electrons. The Morgan fingerprint density at radius 1 is 1.10 bits per heavy atom. The Bertz CT molecular complexity index is 812. The summed E-state index contributed by atoms with van der Waals surface area (Å²) in [5, 5.41) is 0. The van der Waals surface area contributed by atoms with Crippen LogP contribution in [0.3, 0.4) is 0 Å². The number of piperazine rings is 1. The van der Waals surface area contributed by atoms with Crippen molar-refractivity contribution < 1.29 is 9.53 Å². The number of carbonyl (C=O) groups is 1. The fourth-order valence-corrected chi connectivity index (χ4v) is 6.57. The van der Waals surface area contributed by atoms with Crippen LogP contribution >= 0.6 is 0 Å². The van der Waals surface area contributed by atoms with Gasteiger partial charge < -0.3 is 4.74 Å². The third-order valence-corrected chi connectivity index (χ3v) is 8.35. The van der Waals surface area contributed by atoms with Gasteiger partial charge in [0.05, 0.1) is 5.92 Å². The van der Waals surface area contributed by atoms with Gasteiger partial charge in [-0.05, 0) is 50.0 Å². The predicted molar refractivity (Wildman–Crippen MR) is 119 cm³/mol. The summed E-state index contributed by atoms with van der Waals surface area (Å²) in [6, 6.07) is 10.7. The van der Waals surface area contributed by atoms with Crippen molar-refractivity contribution in [1.29, 1.82) is 0 Å². The molecule has 2 heterocycles. The van der Waals surface area contributed by atoms with Gasteiger partial charge in [-0.3, -0.25) is 14.6 Å². The van der Waals surface area contributed by atoms with Crippen molar-refractivity contribution in [1.82, 2.24) is 9.80 Å². The molecule has 0 aromatic heterocycles. The molecular weight excluding hydrogens is 372 g/mol. The molecule has 5 rings (SSSR count). The van der Waals surface area contributed by atoms with E-state index in [9.17, 15) is 4.79 Å². The first-order chi connectivity index (χ1) is 14.5. The summed E-state index contributed by atoms with van der Waals surface area (Å²) >= 11 is 0. The number of fused-ring (bicyclic) bond motifs is 2. The molecule has 4 nitrogen and oxygen atoms in total. The minimum atomic E-state index is 0.0578. The summed E-state index contributed by atoms with van der Waals surface area (Å²) in [7, 11) is 0. The summed E-state index contributed by atoms with van der Waals surface area (Å²) in [6.07, 6.45) is 6.05. The number of nitrogens with zero attached hydrogens (tertiary/aromatic N) is 2. The Labute approximate surface area is 181 Å². The van der Waals surface area contributed by atoms with Crippen molar-refractivity contribution in [2.45, 2.75) is 58.6 Å². The fraction of sp³-hybridized carbons (Fsp3) is 0.654. The van der Waals surface area contributed by atoms with E-state index < -0.39 is 0 Å². The van der Waals surface area contributed by atoms with Crippen molar-refractivity contribution in [3.05, 3.63) is 47.0 Å². The molecule has 3 fully saturated rings. The van der Waals surface area contributed by atoms with Crippen molar-refractivity contribution in [2.24, 2.45) is 17.3 Å². The molecular formula is C26H36N2O2. The standard InChI is InChI=1S/C26H36N2O2/c1-19-7-6-10-26(2)16-24-21(15-23(19)26)22(25(29)30-24)18-28-13-11-27(12-14-28)17-20-8-4-3-5-9-20/h3-5,8-9,21-22,24H,6-7,10-18H2,1-2H3/t21-,22?,24-,26-/m1/s1. The maximum Gasteiger partial charge on any atom is 0.310 e. The first-order valence-electron chi connectivity index (χ1n) is 11.9. The normalized spacial score (nSPS) is 35.1. The minimum Gasteiger partial charge on any atom is -0.462 e. The van der Waals surface area contributed by atoms with Crippen LogP contribution in [-0.4, -0.2) is 54.6 Å². The SMILES string of the molecule is CC1=C2C[C@@H]3C(CN4CCN(Cc5ccccc5)CC4)C(=O)O[C@@H]3C[C@@]2(C)CCC1. The van der Waals surface area contributed by atoms with E-state index in [4.69, 9.17) is 4.74 Å². The van der Waals surface area contributed by atoms with Crippen LogP contribution in [0.2, 0.25) is 0 Å². The molecule has 2 aliphatic carbocycles. The molecule has 4 atom stereocenters. The van der Waals surface area contributed by atoms with E-state index in [1.807, 2.05) is 0 Å². The lowest BCUT2D eigenvalue weighted by Crippen LogP contribution is -2.49. The highest BCUT2D eigenvalue weighted by atomic mass is 16.6. The number of allylic oxidation sites excluding steroid dienone is 2. The first-order valence-corrected chi connectivity index (χ1v) is 11.9. The largest absolute Gasteiger partial charge is 0.462 e. The Morgan fingerprint density at radius 3 is 2.60 bits per heavy atom. The van der Waals surface area contributed by atoms with Crippen LogP contribution in [0.25, 0.3) is 0 Å². The van der Waals surface area contributed by atoms with Gasteiger partial charge in [-0.25, -0.2) is 0 Å². The second kappa shape index (κ2) is 8.12. The first kappa shape index (κ1) is 20.3. The monoisotopic (exact) mass is 408 g/mol. The molecule has 4 heteroatoms. The molecule has 1 saturated carbocycles. The lowest BCUT2D eigenvalue weighted by Gasteiger charge is -2.46. The number of esters is 1. The number of rotatable bonds is 4. The van der Waals surface area contributed by atoms with Crippen LogP contribution in [0.1, 0.15) is 51.5 Å². The zero-order valence-electron chi connectivity index (χ0n) is 18.6.